The summed E-state index contributed by atoms with van der Waals surface area (Å²) in [5.41, 5.74) is 1.40. The molecule has 2 aromatic carbocycles. The third-order valence-electron chi connectivity index (χ3n) is 7.59. The summed E-state index contributed by atoms with van der Waals surface area (Å²) in [4.78, 5) is 14.8. The molecule has 1 saturated carbocycles. The lowest BCUT2D eigenvalue weighted by molar-refractivity contribution is 0.0119. The summed E-state index contributed by atoms with van der Waals surface area (Å²) in [5.74, 6) is -1.27. The molecule has 2 aliphatic carbocycles. The third kappa shape index (κ3) is 3.05. The van der Waals surface area contributed by atoms with Crippen molar-refractivity contribution in [1.82, 2.24) is 15.1 Å². The molecule has 0 N–H and O–H groups in total. The predicted octanol–water partition coefficient (Wildman–Crippen LogP) is 5.80. The monoisotopic (exact) mass is 449 g/mol. The van der Waals surface area contributed by atoms with Crippen molar-refractivity contribution in [2.24, 2.45) is 5.41 Å². The minimum Gasteiger partial charge on any atom is -0.445 e. The number of aromatic nitrogens is 2. The number of amides is 1. The van der Waals surface area contributed by atoms with Gasteiger partial charge < -0.3 is 4.74 Å². The highest BCUT2D eigenvalue weighted by Gasteiger charge is 2.66. The molecule has 0 unspecified atom stereocenters. The zero-order valence-corrected chi connectivity index (χ0v) is 18.8. The maximum Gasteiger partial charge on any atom is 0.410 e. The Hall–Kier alpha value is -3.35. The van der Waals surface area contributed by atoms with E-state index in [1.165, 1.54) is 18.2 Å². The zero-order chi connectivity index (χ0) is 23.4. The van der Waals surface area contributed by atoms with Crippen LogP contribution in [0, 0.1) is 17.0 Å². The fourth-order valence-corrected chi connectivity index (χ4v) is 5.88. The van der Waals surface area contributed by atoms with E-state index < -0.39 is 23.3 Å². The molecule has 1 heterocycles. The van der Waals surface area contributed by atoms with Gasteiger partial charge in [-0.05, 0) is 48.1 Å². The zero-order valence-electron chi connectivity index (χ0n) is 18.8. The highest BCUT2D eigenvalue weighted by molar-refractivity contribution is 5.71. The molecule has 170 valence electrons. The fourth-order valence-electron chi connectivity index (χ4n) is 5.88. The molecule has 0 spiro atoms. The molecule has 2 bridgehead atoms. The quantitative estimate of drug-likeness (QED) is 0.505. The van der Waals surface area contributed by atoms with Crippen LogP contribution in [0.2, 0.25) is 0 Å². The summed E-state index contributed by atoms with van der Waals surface area (Å²) in [6.07, 6.45) is 1.11. The summed E-state index contributed by atoms with van der Waals surface area (Å²) in [7, 11) is 1.73. The number of hydrogen-bond donors (Lipinski definition) is 0. The number of hydrogen-bond acceptors (Lipinski definition) is 4. The van der Waals surface area contributed by atoms with Crippen LogP contribution in [0.4, 0.5) is 13.6 Å². The maximum absolute atomic E-state index is 14.4. The van der Waals surface area contributed by atoms with Gasteiger partial charge in [0, 0.05) is 12.5 Å². The first-order chi connectivity index (χ1) is 15.8. The van der Waals surface area contributed by atoms with E-state index in [1.807, 2.05) is 30.3 Å². The molecule has 7 heteroatoms. The molecule has 5 rings (SSSR count). The second kappa shape index (κ2) is 7.61. The van der Waals surface area contributed by atoms with Gasteiger partial charge >= 0.3 is 6.09 Å². The lowest BCUT2D eigenvalue weighted by Crippen LogP contribution is -2.52. The maximum atomic E-state index is 14.4. The molecule has 1 aromatic heterocycles. The van der Waals surface area contributed by atoms with Crippen molar-refractivity contribution in [2.45, 2.75) is 44.8 Å². The average molecular weight is 450 g/mol. The highest BCUT2D eigenvalue weighted by Crippen LogP contribution is 2.68. The van der Waals surface area contributed by atoms with Gasteiger partial charge in [0.15, 0.2) is 0 Å². The van der Waals surface area contributed by atoms with E-state index in [0.717, 1.165) is 24.0 Å². The van der Waals surface area contributed by atoms with Crippen LogP contribution in [0.15, 0.2) is 54.6 Å². The second-order valence-electron chi connectivity index (χ2n) is 9.40. The first-order valence-corrected chi connectivity index (χ1v) is 11.0. The predicted molar refractivity (Wildman–Crippen MR) is 119 cm³/mol. The Kier molecular flexibility index (Phi) is 4.96. The van der Waals surface area contributed by atoms with E-state index in [9.17, 15) is 13.6 Å². The van der Waals surface area contributed by atoms with Crippen LogP contribution in [0.3, 0.4) is 0 Å². The molecule has 33 heavy (non-hydrogen) atoms. The molecule has 2 atom stereocenters. The first-order valence-electron chi connectivity index (χ1n) is 11.0. The van der Waals surface area contributed by atoms with Gasteiger partial charge in [0.05, 0.1) is 22.5 Å². The lowest BCUT2D eigenvalue weighted by atomic mass is 9.74. The van der Waals surface area contributed by atoms with E-state index in [4.69, 9.17) is 4.74 Å². The van der Waals surface area contributed by atoms with E-state index in [2.05, 4.69) is 24.0 Å². The summed E-state index contributed by atoms with van der Waals surface area (Å²) in [5, 5.41) is 8.66. The standard InChI is InChI=1S/C26H25F2N3O2/c1-25(2)18-12-13-26(25,31(3)24(32)33-15-16-8-5-4-6-9-16)23-17(18)14-21(29-30-23)22-19(27)10-7-11-20(22)28/h4-11,14,18H,12-13,15H2,1-3H3/t18-,26-/m1/s1. The van der Waals surface area contributed by atoms with Crippen LogP contribution in [-0.2, 0) is 16.9 Å². The molecule has 3 aromatic rings. The van der Waals surface area contributed by atoms with Crippen molar-refractivity contribution >= 4 is 6.09 Å². The number of nitrogens with zero attached hydrogens (tertiary/aromatic N) is 3. The topological polar surface area (TPSA) is 55.3 Å². The van der Waals surface area contributed by atoms with Gasteiger partial charge in [0.1, 0.15) is 18.2 Å². The summed E-state index contributed by atoms with van der Waals surface area (Å²) < 4.78 is 34.4. The Bertz CT molecular complexity index is 1210. The molecule has 0 aliphatic heterocycles. The lowest BCUT2D eigenvalue weighted by Gasteiger charge is -2.44. The Morgan fingerprint density at radius 1 is 1.09 bits per heavy atom. The van der Waals surface area contributed by atoms with E-state index in [0.29, 0.717) is 5.69 Å². The second-order valence-corrected chi connectivity index (χ2v) is 9.40. The summed E-state index contributed by atoms with van der Waals surface area (Å²) in [6, 6.07) is 15.0. The van der Waals surface area contributed by atoms with Crippen molar-refractivity contribution in [3.63, 3.8) is 0 Å². The molecule has 2 aliphatic rings. The number of rotatable bonds is 4. The minimum atomic E-state index is -0.708. The molecule has 1 amide bonds. The molecule has 5 nitrogen and oxygen atoms in total. The first kappa shape index (κ1) is 21.5. The van der Waals surface area contributed by atoms with Crippen molar-refractivity contribution in [1.29, 1.82) is 0 Å². The number of ether oxygens (including phenoxy) is 1. The van der Waals surface area contributed by atoms with Crippen LogP contribution >= 0.6 is 0 Å². The van der Waals surface area contributed by atoms with Crippen LogP contribution < -0.4 is 0 Å². The van der Waals surface area contributed by atoms with Gasteiger partial charge in [-0.15, -0.1) is 5.10 Å². The Morgan fingerprint density at radius 3 is 2.48 bits per heavy atom. The smallest absolute Gasteiger partial charge is 0.410 e. The largest absolute Gasteiger partial charge is 0.445 e. The Labute approximate surface area is 191 Å². The van der Waals surface area contributed by atoms with Crippen LogP contribution in [0.1, 0.15) is 49.4 Å². The van der Waals surface area contributed by atoms with Crippen LogP contribution in [-0.4, -0.2) is 28.2 Å². The van der Waals surface area contributed by atoms with Gasteiger partial charge in [-0.1, -0.05) is 50.2 Å². The molecule has 0 radical (unpaired) electrons. The third-order valence-corrected chi connectivity index (χ3v) is 7.59. The molecule has 0 saturated heterocycles. The number of benzene rings is 2. The summed E-state index contributed by atoms with van der Waals surface area (Å²) in [6.45, 7) is 4.39. The van der Waals surface area contributed by atoms with Crippen molar-refractivity contribution in [3.8, 4) is 11.3 Å². The normalized spacial score (nSPS) is 22.2. The van der Waals surface area contributed by atoms with E-state index in [-0.39, 0.29) is 29.2 Å². The number of fused-ring (bicyclic) bond motifs is 5. The van der Waals surface area contributed by atoms with Crippen molar-refractivity contribution < 1.29 is 18.3 Å². The molecular weight excluding hydrogens is 424 g/mol. The van der Waals surface area contributed by atoms with Crippen molar-refractivity contribution in [3.05, 3.63) is 83.1 Å². The number of carbonyl (C=O) groups excluding carboxylic acids is 1. The Morgan fingerprint density at radius 2 is 1.79 bits per heavy atom. The fraction of sp³-hybridized carbons (Fsp3) is 0.346. The molecular formula is C26H25F2N3O2. The van der Waals surface area contributed by atoms with Gasteiger partial charge in [0.2, 0.25) is 0 Å². The molecule has 1 fully saturated rings. The van der Waals surface area contributed by atoms with Crippen LogP contribution in [0.5, 0.6) is 0 Å². The number of halogens is 2. The minimum absolute atomic E-state index is 0.0842. The van der Waals surface area contributed by atoms with Gasteiger partial charge in [-0.2, -0.15) is 5.10 Å². The van der Waals surface area contributed by atoms with E-state index >= 15 is 0 Å². The Balaban J connectivity index is 1.51. The summed E-state index contributed by atoms with van der Waals surface area (Å²) >= 11 is 0. The average Bonchev–Trinajstić information content (AvgIpc) is 3.18. The highest BCUT2D eigenvalue weighted by atomic mass is 19.1. The SMILES string of the molecule is CN(C(=O)OCc1ccccc1)[C@]12CC[C@H](c3cc(-c4c(F)cccc4F)nnc31)C2(C)C. The van der Waals surface area contributed by atoms with E-state index in [1.54, 1.807) is 18.0 Å². The number of carbonyl (C=O) groups is 1. The van der Waals surface area contributed by atoms with Gasteiger partial charge in [-0.25, -0.2) is 13.6 Å². The van der Waals surface area contributed by atoms with Gasteiger partial charge in [0.25, 0.3) is 0 Å². The van der Waals surface area contributed by atoms with Gasteiger partial charge in [-0.3, -0.25) is 4.90 Å². The van der Waals surface area contributed by atoms with Crippen LogP contribution in [0.25, 0.3) is 11.3 Å². The van der Waals surface area contributed by atoms with Crippen molar-refractivity contribution in [2.75, 3.05) is 7.05 Å².